The predicted octanol–water partition coefficient (Wildman–Crippen LogP) is 2.56. The zero-order valence-corrected chi connectivity index (χ0v) is 13.3. The molecule has 0 unspecified atom stereocenters. The second kappa shape index (κ2) is 5.98. The summed E-state index contributed by atoms with van der Waals surface area (Å²) in [6.07, 6.45) is 3.29. The first kappa shape index (κ1) is 14.3. The normalized spacial score (nSPS) is 12.7. The minimum atomic E-state index is -0.115. The predicted molar refractivity (Wildman–Crippen MR) is 87.1 cm³/mol. The van der Waals surface area contributed by atoms with Gasteiger partial charge in [0.15, 0.2) is 5.13 Å². The third-order valence-corrected chi connectivity index (χ3v) is 5.49. The highest BCUT2D eigenvalue weighted by molar-refractivity contribution is 7.16. The quantitative estimate of drug-likeness (QED) is 0.837. The number of anilines is 1. The molecule has 3 rings (SSSR count). The highest BCUT2D eigenvalue weighted by Gasteiger charge is 2.19. The van der Waals surface area contributed by atoms with Gasteiger partial charge in [-0.3, -0.25) is 10.1 Å². The van der Waals surface area contributed by atoms with Gasteiger partial charge in [0.05, 0.1) is 22.0 Å². The number of thiazole rings is 1. The molecule has 1 amide bonds. The Kier molecular flexibility index (Phi) is 4.06. The Bertz CT molecular complexity index is 727. The van der Waals surface area contributed by atoms with Gasteiger partial charge in [-0.2, -0.15) is 0 Å². The summed E-state index contributed by atoms with van der Waals surface area (Å²) < 4.78 is 0. The van der Waals surface area contributed by atoms with Crippen LogP contribution in [0.3, 0.4) is 0 Å². The van der Waals surface area contributed by atoms with Crippen LogP contribution < -0.4 is 11.1 Å². The second-order valence-corrected chi connectivity index (χ2v) is 6.96. The molecule has 0 saturated heterocycles. The molecule has 0 fully saturated rings. The fraction of sp³-hybridized carbons (Fsp3) is 0.333. The molecule has 21 heavy (non-hydrogen) atoms. The van der Waals surface area contributed by atoms with Crippen LogP contribution in [0, 0.1) is 18.8 Å². The van der Waals surface area contributed by atoms with E-state index in [-0.39, 0.29) is 5.91 Å². The molecule has 0 radical (unpaired) electrons. The van der Waals surface area contributed by atoms with Gasteiger partial charge in [-0.25, -0.2) is 4.98 Å². The number of hydrogen-bond donors (Lipinski definition) is 2. The zero-order chi connectivity index (χ0) is 14.8. The van der Waals surface area contributed by atoms with Crippen molar-refractivity contribution in [3.8, 4) is 11.8 Å². The van der Waals surface area contributed by atoms with Crippen LogP contribution in [-0.2, 0) is 12.8 Å². The van der Waals surface area contributed by atoms with Gasteiger partial charge < -0.3 is 5.73 Å². The van der Waals surface area contributed by atoms with Crippen LogP contribution in [0.5, 0.6) is 0 Å². The van der Waals surface area contributed by atoms with Gasteiger partial charge in [-0.15, -0.1) is 22.7 Å². The van der Waals surface area contributed by atoms with Gasteiger partial charge in [0, 0.05) is 4.88 Å². The standard InChI is InChI=1S/C15H15N3OS2/c1-9-8-13(20-11(9)6-3-7-16)14(19)18-15-17-10-4-2-5-12(10)21-15/h8H,2,4-5,7,16H2,1H3,(H,17,18,19). The lowest BCUT2D eigenvalue weighted by Crippen LogP contribution is -2.09. The minimum absolute atomic E-state index is 0.115. The largest absolute Gasteiger partial charge is 0.320 e. The highest BCUT2D eigenvalue weighted by Crippen LogP contribution is 2.31. The number of nitrogens with zero attached hydrogens (tertiary/aromatic N) is 1. The molecule has 4 nitrogen and oxygen atoms in total. The van der Waals surface area contributed by atoms with Crippen molar-refractivity contribution >= 4 is 33.7 Å². The molecule has 0 bridgehead atoms. The number of amides is 1. The summed E-state index contributed by atoms with van der Waals surface area (Å²) >= 11 is 2.98. The maximum absolute atomic E-state index is 12.3. The van der Waals surface area contributed by atoms with E-state index in [9.17, 15) is 4.79 Å². The van der Waals surface area contributed by atoms with Crippen LogP contribution in [0.4, 0.5) is 5.13 Å². The number of thiophene rings is 1. The van der Waals surface area contributed by atoms with E-state index in [1.807, 2.05) is 13.0 Å². The first-order chi connectivity index (χ1) is 10.2. The fourth-order valence-corrected chi connectivity index (χ4v) is 4.24. The van der Waals surface area contributed by atoms with Crippen LogP contribution in [-0.4, -0.2) is 17.4 Å². The molecule has 2 heterocycles. The first-order valence-electron chi connectivity index (χ1n) is 6.76. The average Bonchev–Trinajstić information content (AvgIpc) is 3.11. The highest BCUT2D eigenvalue weighted by atomic mass is 32.1. The molecular formula is C15H15N3OS2. The Hall–Kier alpha value is -1.68. The Morgan fingerprint density at radius 1 is 1.48 bits per heavy atom. The van der Waals surface area contributed by atoms with E-state index >= 15 is 0 Å². The monoisotopic (exact) mass is 317 g/mol. The molecule has 3 N–H and O–H groups in total. The molecule has 1 aliphatic carbocycles. The van der Waals surface area contributed by atoms with Crippen LogP contribution in [0.25, 0.3) is 0 Å². The van der Waals surface area contributed by atoms with Gasteiger partial charge in [0.1, 0.15) is 0 Å². The maximum Gasteiger partial charge on any atom is 0.267 e. The lowest BCUT2D eigenvalue weighted by molar-refractivity contribution is 0.103. The minimum Gasteiger partial charge on any atom is -0.320 e. The molecule has 0 saturated carbocycles. The molecule has 0 aromatic carbocycles. The number of carbonyl (C=O) groups excluding carboxylic acids is 1. The van der Waals surface area contributed by atoms with Crippen molar-refractivity contribution in [2.45, 2.75) is 26.2 Å². The number of aryl methyl sites for hydroxylation is 3. The van der Waals surface area contributed by atoms with Gasteiger partial charge in [-0.1, -0.05) is 11.8 Å². The molecule has 1 aliphatic rings. The second-order valence-electron chi connectivity index (χ2n) is 4.83. The Morgan fingerprint density at radius 3 is 3.10 bits per heavy atom. The van der Waals surface area contributed by atoms with Crippen molar-refractivity contribution < 1.29 is 4.79 Å². The molecule has 6 heteroatoms. The van der Waals surface area contributed by atoms with Crippen LogP contribution >= 0.6 is 22.7 Å². The van der Waals surface area contributed by atoms with Crippen molar-refractivity contribution in [3.63, 3.8) is 0 Å². The summed E-state index contributed by atoms with van der Waals surface area (Å²) in [6.45, 7) is 2.27. The molecule has 2 aromatic rings. The average molecular weight is 317 g/mol. The van der Waals surface area contributed by atoms with E-state index in [0.29, 0.717) is 16.6 Å². The Labute approximate surface area is 131 Å². The number of fused-ring (bicyclic) bond motifs is 1. The molecule has 2 aromatic heterocycles. The van der Waals surface area contributed by atoms with E-state index in [1.54, 1.807) is 11.3 Å². The van der Waals surface area contributed by atoms with Gasteiger partial charge >= 0.3 is 0 Å². The Balaban J connectivity index is 1.75. The smallest absolute Gasteiger partial charge is 0.267 e. The van der Waals surface area contributed by atoms with Gasteiger partial charge in [0.2, 0.25) is 0 Å². The third kappa shape index (κ3) is 3.00. The van der Waals surface area contributed by atoms with Crippen molar-refractivity contribution in [1.82, 2.24) is 4.98 Å². The van der Waals surface area contributed by atoms with Gasteiger partial charge in [-0.05, 0) is 37.8 Å². The van der Waals surface area contributed by atoms with Crippen molar-refractivity contribution in [2.75, 3.05) is 11.9 Å². The number of carbonyl (C=O) groups is 1. The van der Waals surface area contributed by atoms with Gasteiger partial charge in [0.25, 0.3) is 5.91 Å². The van der Waals surface area contributed by atoms with Crippen molar-refractivity contribution in [2.24, 2.45) is 5.73 Å². The number of nitrogens with one attached hydrogen (secondary N) is 1. The number of aromatic nitrogens is 1. The molecular weight excluding hydrogens is 302 g/mol. The van der Waals surface area contributed by atoms with Crippen LogP contribution in [0.2, 0.25) is 0 Å². The molecule has 108 valence electrons. The summed E-state index contributed by atoms with van der Waals surface area (Å²) in [5, 5.41) is 3.59. The topological polar surface area (TPSA) is 68.0 Å². The van der Waals surface area contributed by atoms with Crippen molar-refractivity contribution in [3.05, 3.63) is 32.0 Å². The Morgan fingerprint density at radius 2 is 2.33 bits per heavy atom. The maximum atomic E-state index is 12.3. The van der Waals surface area contributed by atoms with Crippen LogP contribution in [0.1, 0.15) is 37.1 Å². The summed E-state index contributed by atoms with van der Waals surface area (Å²) in [5.74, 6) is 5.70. The number of rotatable bonds is 2. The summed E-state index contributed by atoms with van der Waals surface area (Å²) in [6, 6.07) is 1.86. The van der Waals surface area contributed by atoms with E-state index in [2.05, 4.69) is 22.1 Å². The number of hydrogen-bond acceptors (Lipinski definition) is 5. The zero-order valence-electron chi connectivity index (χ0n) is 11.7. The fourth-order valence-electron chi connectivity index (χ4n) is 2.25. The SMILES string of the molecule is Cc1cc(C(=O)Nc2nc3c(s2)CCC3)sc1C#CCN. The third-order valence-electron chi connectivity index (χ3n) is 3.26. The summed E-state index contributed by atoms with van der Waals surface area (Å²) in [7, 11) is 0. The van der Waals surface area contributed by atoms with Crippen LogP contribution in [0.15, 0.2) is 6.07 Å². The van der Waals surface area contributed by atoms with E-state index in [1.165, 1.54) is 22.6 Å². The lowest BCUT2D eigenvalue weighted by atomic mass is 10.2. The van der Waals surface area contributed by atoms with E-state index < -0.39 is 0 Å². The van der Waals surface area contributed by atoms with Crippen molar-refractivity contribution in [1.29, 1.82) is 0 Å². The number of nitrogens with two attached hydrogens (primary N) is 1. The molecule has 0 atom stereocenters. The molecule has 0 aliphatic heterocycles. The summed E-state index contributed by atoms with van der Waals surface area (Å²) in [5.41, 5.74) is 7.53. The molecule has 0 spiro atoms. The lowest BCUT2D eigenvalue weighted by Gasteiger charge is -1.98. The van der Waals surface area contributed by atoms with E-state index in [0.717, 1.165) is 29.0 Å². The first-order valence-corrected chi connectivity index (χ1v) is 8.40. The summed E-state index contributed by atoms with van der Waals surface area (Å²) in [4.78, 5) is 19.6. The van der Waals surface area contributed by atoms with E-state index in [4.69, 9.17) is 5.73 Å².